The Morgan fingerprint density at radius 2 is 1.87 bits per heavy atom. The molecular formula is C22H28N4O3S. The Morgan fingerprint density at radius 3 is 2.57 bits per heavy atom. The van der Waals surface area contributed by atoms with Gasteiger partial charge in [0.25, 0.3) is 5.91 Å². The maximum atomic E-state index is 13.4. The number of benzene rings is 1. The molecule has 1 aromatic heterocycles. The van der Waals surface area contributed by atoms with Crippen molar-refractivity contribution < 1.29 is 13.2 Å². The predicted molar refractivity (Wildman–Crippen MR) is 119 cm³/mol. The highest BCUT2D eigenvalue weighted by atomic mass is 32.2. The van der Waals surface area contributed by atoms with Crippen LogP contribution in [0.15, 0.2) is 42.6 Å². The monoisotopic (exact) mass is 428 g/mol. The summed E-state index contributed by atoms with van der Waals surface area (Å²) in [5.41, 5.74) is 2.77. The molecule has 8 heteroatoms. The molecule has 0 bridgehead atoms. The van der Waals surface area contributed by atoms with E-state index in [1.807, 2.05) is 36.1 Å². The number of hydrogen-bond acceptors (Lipinski definition) is 5. The Kier molecular flexibility index (Phi) is 5.79. The molecule has 7 nitrogen and oxygen atoms in total. The molecule has 2 aromatic rings. The van der Waals surface area contributed by atoms with Gasteiger partial charge in [0.05, 0.1) is 11.8 Å². The summed E-state index contributed by atoms with van der Waals surface area (Å²) in [5.74, 6) is 0.657. The number of para-hydroxylation sites is 1. The van der Waals surface area contributed by atoms with Crippen LogP contribution in [0.3, 0.4) is 0 Å². The minimum absolute atomic E-state index is 0.00503. The first-order chi connectivity index (χ1) is 14.4. The number of pyridine rings is 1. The summed E-state index contributed by atoms with van der Waals surface area (Å²) in [6.45, 7) is 4.37. The molecule has 1 fully saturated rings. The zero-order valence-electron chi connectivity index (χ0n) is 17.5. The summed E-state index contributed by atoms with van der Waals surface area (Å²) >= 11 is 0. The van der Waals surface area contributed by atoms with Crippen LogP contribution in [0.5, 0.6) is 0 Å². The zero-order chi connectivity index (χ0) is 21.3. The first kappa shape index (κ1) is 20.8. The molecule has 1 saturated heterocycles. The van der Waals surface area contributed by atoms with E-state index in [4.69, 9.17) is 0 Å². The minimum atomic E-state index is -3.22. The third-order valence-corrected chi connectivity index (χ3v) is 7.47. The molecule has 30 heavy (non-hydrogen) atoms. The van der Waals surface area contributed by atoms with Gasteiger partial charge in [0.2, 0.25) is 10.0 Å². The molecule has 0 spiro atoms. The lowest BCUT2D eigenvalue weighted by Gasteiger charge is -2.38. The standard InChI is InChI=1S/C22H28N4O3S/c1-3-26(30(2,28)29)18-11-14-24(15-12-18)21-19(8-6-13-23-21)22(27)25-16-10-17-7-4-5-9-20(17)25/h4-9,13,18H,3,10-12,14-16H2,1-2H3. The molecule has 0 saturated carbocycles. The zero-order valence-corrected chi connectivity index (χ0v) is 18.3. The highest BCUT2D eigenvalue weighted by Crippen LogP contribution is 2.31. The number of carbonyl (C=O) groups excluding carboxylic acids is 1. The van der Waals surface area contributed by atoms with Gasteiger partial charge in [0, 0.05) is 44.1 Å². The van der Waals surface area contributed by atoms with Crippen molar-refractivity contribution in [1.82, 2.24) is 9.29 Å². The molecule has 3 heterocycles. The van der Waals surface area contributed by atoms with Crippen LogP contribution in [-0.4, -0.2) is 62.1 Å². The first-order valence-corrected chi connectivity index (χ1v) is 12.3. The van der Waals surface area contributed by atoms with Gasteiger partial charge >= 0.3 is 0 Å². The van der Waals surface area contributed by atoms with Crippen LogP contribution < -0.4 is 9.80 Å². The Bertz CT molecular complexity index is 1030. The van der Waals surface area contributed by atoms with Gasteiger partial charge in [-0.3, -0.25) is 4.79 Å². The minimum Gasteiger partial charge on any atom is -0.356 e. The Hall–Kier alpha value is -2.45. The molecule has 1 amide bonds. The Morgan fingerprint density at radius 1 is 1.13 bits per heavy atom. The van der Waals surface area contributed by atoms with Crippen LogP contribution in [0, 0.1) is 0 Å². The molecule has 0 atom stereocenters. The van der Waals surface area contributed by atoms with Crippen molar-refractivity contribution in [3.05, 3.63) is 53.7 Å². The van der Waals surface area contributed by atoms with Crippen molar-refractivity contribution in [2.45, 2.75) is 32.2 Å². The van der Waals surface area contributed by atoms with Gasteiger partial charge in [0.15, 0.2) is 0 Å². The normalized spacial score (nSPS) is 17.4. The Balaban J connectivity index is 1.53. The fourth-order valence-electron chi connectivity index (χ4n) is 4.64. The molecule has 2 aliphatic rings. The highest BCUT2D eigenvalue weighted by Gasteiger charge is 2.32. The summed E-state index contributed by atoms with van der Waals surface area (Å²) in [5, 5.41) is 0. The second kappa shape index (κ2) is 8.35. The van der Waals surface area contributed by atoms with Crippen LogP contribution in [0.1, 0.15) is 35.7 Å². The average Bonchev–Trinajstić information content (AvgIpc) is 3.17. The lowest BCUT2D eigenvalue weighted by Crippen LogP contribution is -2.47. The lowest BCUT2D eigenvalue weighted by atomic mass is 10.0. The van der Waals surface area contributed by atoms with Crippen molar-refractivity contribution in [1.29, 1.82) is 0 Å². The second-order valence-corrected chi connectivity index (χ2v) is 9.83. The van der Waals surface area contributed by atoms with Crippen LogP contribution in [0.4, 0.5) is 11.5 Å². The summed E-state index contributed by atoms with van der Waals surface area (Å²) in [7, 11) is -3.22. The first-order valence-electron chi connectivity index (χ1n) is 10.5. The molecule has 0 N–H and O–H groups in total. The molecule has 160 valence electrons. The molecule has 0 unspecified atom stereocenters. The van der Waals surface area contributed by atoms with Crippen molar-refractivity contribution >= 4 is 27.4 Å². The summed E-state index contributed by atoms with van der Waals surface area (Å²) < 4.78 is 25.7. The summed E-state index contributed by atoms with van der Waals surface area (Å²) in [6, 6.07) is 11.7. The van der Waals surface area contributed by atoms with Gasteiger partial charge in [-0.15, -0.1) is 0 Å². The quantitative estimate of drug-likeness (QED) is 0.732. The highest BCUT2D eigenvalue weighted by molar-refractivity contribution is 7.88. The molecular weight excluding hydrogens is 400 g/mol. The van der Waals surface area contributed by atoms with Crippen molar-refractivity contribution in [3.8, 4) is 0 Å². The maximum absolute atomic E-state index is 13.4. The van der Waals surface area contributed by atoms with E-state index in [1.54, 1.807) is 16.6 Å². The van der Waals surface area contributed by atoms with E-state index in [2.05, 4.69) is 16.0 Å². The number of carbonyl (C=O) groups is 1. The predicted octanol–water partition coefficient (Wildman–Crippen LogP) is 2.53. The number of rotatable bonds is 5. The number of amides is 1. The number of nitrogens with zero attached hydrogens (tertiary/aromatic N) is 4. The van der Waals surface area contributed by atoms with Crippen LogP contribution >= 0.6 is 0 Å². The van der Waals surface area contributed by atoms with E-state index in [0.29, 0.717) is 37.6 Å². The number of aromatic nitrogens is 1. The van der Waals surface area contributed by atoms with Crippen LogP contribution in [0.2, 0.25) is 0 Å². The maximum Gasteiger partial charge on any atom is 0.262 e. The van der Waals surface area contributed by atoms with E-state index in [9.17, 15) is 13.2 Å². The van der Waals surface area contributed by atoms with Crippen molar-refractivity contribution in [2.24, 2.45) is 0 Å². The number of fused-ring (bicyclic) bond motifs is 1. The van der Waals surface area contributed by atoms with Crippen molar-refractivity contribution in [3.63, 3.8) is 0 Å². The van der Waals surface area contributed by atoms with Gasteiger partial charge in [0.1, 0.15) is 5.82 Å². The molecule has 0 aliphatic carbocycles. The summed E-state index contributed by atoms with van der Waals surface area (Å²) in [4.78, 5) is 21.9. The smallest absolute Gasteiger partial charge is 0.262 e. The molecule has 1 aromatic carbocycles. The molecule has 4 rings (SSSR count). The number of piperidine rings is 1. The number of sulfonamides is 1. The topological polar surface area (TPSA) is 73.8 Å². The van der Waals surface area contributed by atoms with Gasteiger partial charge < -0.3 is 9.80 Å². The number of hydrogen-bond donors (Lipinski definition) is 0. The fourth-order valence-corrected chi connectivity index (χ4v) is 5.86. The lowest BCUT2D eigenvalue weighted by molar-refractivity contribution is 0.0989. The van der Waals surface area contributed by atoms with Crippen molar-refractivity contribution in [2.75, 3.05) is 42.2 Å². The van der Waals surface area contributed by atoms with E-state index in [-0.39, 0.29) is 11.9 Å². The molecule has 2 aliphatic heterocycles. The Labute approximate surface area is 178 Å². The van der Waals surface area contributed by atoms with E-state index in [0.717, 1.165) is 24.9 Å². The van der Waals surface area contributed by atoms with E-state index >= 15 is 0 Å². The summed E-state index contributed by atoms with van der Waals surface area (Å²) in [6.07, 6.45) is 5.29. The number of anilines is 2. The third kappa shape index (κ3) is 3.94. The third-order valence-electron chi connectivity index (χ3n) is 6.06. The van der Waals surface area contributed by atoms with Gasteiger partial charge in [-0.1, -0.05) is 25.1 Å². The second-order valence-electron chi connectivity index (χ2n) is 7.89. The van der Waals surface area contributed by atoms with E-state index < -0.39 is 10.0 Å². The largest absolute Gasteiger partial charge is 0.356 e. The molecule has 0 radical (unpaired) electrons. The van der Waals surface area contributed by atoms with Crippen LogP contribution in [-0.2, 0) is 16.4 Å². The van der Waals surface area contributed by atoms with Gasteiger partial charge in [-0.05, 0) is 43.0 Å². The van der Waals surface area contributed by atoms with E-state index in [1.165, 1.54) is 11.8 Å². The van der Waals surface area contributed by atoms with Crippen LogP contribution in [0.25, 0.3) is 0 Å². The average molecular weight is 429 g/mol. The fraction of sp³-hybridized carbons (Fsp3) is 0.455. The van der Waals surface area contributed by atoms with Gasteiger partial charge in [-0.25, -0.2) is 13.4 Å². The SMILES string of the molecule is CCN(C1CCN(c2ncccc2C(=O)N2CCc3ccccc32)CC1)S(C)(=O)=O. The van der Waals surface area contributed by atoms with Gasteiger partial charge in [-0.2, -0.15) is 4.31 Å².